The normalized spacial score (nSPS) is 18.6. The predicted molar refractivity (Wildman–Crippen MR) is 63.9 cm³/mol. The van der Waals surface area contributed by atoms with Crippen LogP contribution in [0.1, 0.15) is 35.9 Å². The molecule has 0 saturated heterocycles. The lowest BCUT2D eigenvalue weighted by molar-refractivity contribution is 0.0698. The van der Waals surface area contributed by atoms with Crippen LogP contribution < -0.4 is 4.72 Å². The minimum absolute atomic E-state index is 0.136. The molecular formula is C10H13NO4S2. The van der Waals surface area contributed by atoms with E-state index in [-0.39, 0.29) is 9.77 Å². The third-order valence-electron chi connectivity index (χ3n) is 2.95. The molecule has 1 aliphatic carbocycles. The summed E-state index contributed by atoms with van der Waals surface area (Å²) in [5.74, 6) is -1.21. The lowest BCUT2D eigenvalue weighted by Gasteiger charge is -2.38. The van der Waals surface area contributed by atoms with Gasteiger partial charge in [0.1, 0.15) is 9.77 Å². The molecule has 2 N–H and O–H groups in total. The van der Waals surface area contributed by atoms with E-state index in [0.717, 1.165) is 30.6 Å². The molecule has 1 aliphatic rings. The molecule has 0 unspecified atom stereocenters. The van der Waals surface area contributed by atoms with E-state index in [9.17, 15) is 13.2 Å². The summed E-state index contributed by atoms with van der Waals surface area (Å²) in [4.78, 5) is 10.6. The van der Waals surface area contributed by atoms with E-state index in [4.69, 9.17) is 5.11 Å². The number of carboxylic acid groups (broad SMARTS) is 1. The number of carbonyl (C=O) groups is 1. The van der Waals surface area contributed by atoms with Crippen LogP contribution in [0.3, 0.4) is 0 Å². The van der Waals surface area contributed by atoms with Gasteiger partial charge in [-0.05, 0) is 37.6 Å². The Labute approximate surface area is 104 Å². The Morgan fingerprint density at radius 1 is 1.53 bits per heavy atom. The fourth-order valence-electron chi connectivity index (χ4n) is 1.85. The first-order valence-corrected chi connectivity index (χ1v) is 7.55. The van der Waals surface area contributed by atoms with Crippen LogP contribution in [0, 0.1) is 0 Å². The summed E-state index contributed by atoms with van der Waals surface area (Å²) in [5.41, 5.74) is -0.420. The second kappa shape index (κ2) is 4.08. The summed E-state index contributed by atoms with van der Waals surface area (Å²) in [6, 6.07) is 1.33. The van der Waals surface area contributed by atoms with Crippen LogP contribution in [0.2, 0.25) is 0 Å². The molecule has 0 aromatic carbocycles. The van der Waals surface area contributed by atoms with Crippen molar-refractivity contribution in [2.75, 3.05) is 0 Å². The van der Waals surface area contributed by atoms with Crippen LogP contribution in [0.25, 0.3) is 0 Å². The maximum atomic E-state index is 12.1. The molecule has 0 atom stereocenters. The van der Waals surface area contributed by atoms with E-state index in [1.165, 1.54) is 11.4 Å². The van der Waals surface area contributed by atoms with Crippen LogP contribution in [0.5, 0.6) is 0 Å². The van der Waals surface area contributed by atoms with Gasteiger partial charge in [-0.25, -0.2) is 17.9 Å². The standard InChI is InChI=1S/C10H13NO4S2/c1-10(4-2-5-10)11-17(14,15)7-3-6-16-8(7)9(12)13/h3,6,11H,2,4-5H2,1H3,(H,12,13). The van der Waals surface area contributed by atoms with Crippen LogP contribution in [-0.4, -0.2) is 25.0 Å². The Kier molecular flexibility index (Phi) is 3.01. The number of nitrogens with one attached hydrogen (secondary N) is 1. The average Bonchev–Trinajstić information content (AvgIpc) is 2.63. The number of carboxylic acids is 1. The molecule has 0 amide bonds. The van der Waals surface area contributed by atoms with Crippen molar-refractivity contribution in [2.24, 2.45) is 0 Å². The first-order chi connectivity index (χ1) is 7.84. The number of sulfonamides is 1. The van der Waals surface area contributed by atoms with Crippen LogP contribution in [-0.2, 0) is 10.0 Å². The smallest absolute Gasteiger partial charge is 0.347 e. The number of aromatic carboxylic acids is 1. The molecule has 1 heterocycles. The van der Waals surface area contributed by atoms with Crippen molar-refractivity contribution in [3.05, 3.63) is 16.3 Å². The van der Waals surface area contributed by atoms with Crippen molar-refractivity contribution in [3.63, 3.8) is 0 Å². The largest absolute Gasteiger partial charge is 0.477 e. The molecule has 2 rings (SSSR count). The molecule has 0 bridgehead atoms. The molecule has 1 fully saturated rings. The summed E-state index contributed by atoms with van der Waals surface area (Å²) >= 11 is 0.917. The van der Waals surface area contributed by atoms with Crippen LogP contribution in [0.4, 0.5) is 0 Å². The van der Waals surface area contributed by atoms with Gasteiger partial charge < -0.3 is 5.11 Å². The van der Waals surface area contributed by atoms with Crippen LogP contribution in [0.15, 0.2) is 16.3 Å². The van der Waals surface area contributed by atoms with Crippen molar-refractivity contribution in [3.8, 4) is 0 Å². The summed E-state index contributed by atoms with van der Waals surface area (Å²) in [6.45, 7) is 1.83. The quantitative estimate of drug-likeness (QED) is 0.875. The lowest BCUT2D eigenvalue weighted by atomic mass is 9.80. The van der Waals surface area contributed by atoms with Gasteiger partial charge in [0, 0.05) is 5.54 Å². The highest BCUT2D eigenvalue weighted by Gasteiger charge is 2.37. The van der Waals surface area contributed by atoms with Gasteiger partial charge in [0.2, 0.25) is 10.0 Å². The summed E-state index contributed by atoms with van der Waals surface area (Å²) in [5, 5.41) is 10.4. The van der Waals surface area contributed by atoms with Crippen molar-refractivity contribution >= 4 is 27.3 Å². The highest BCUT2D eigenvalue weighted by molar-refractivity contribution is 7.89. The molecular weight excluding hydrogens is 262 g/mol. The Morgan fingerprint density at radius 2 is 2.18 bits per heavy atom. The summed E-state index contributed by atoms with van der Waals surface area (Å²) in [7, 11) is -3.73. The average molecular weight is 275 g/mol. The second-order valence-corrected chi connectivity index (χ2v) is 7.01. The van der Waals surface area contributed by atoms with Gasteiger partial charge in [-0.15, -0.1) is 11.3 Å². The van der Waals surface area contributed by atoms with Gasteiger partial charge in [-0.3, -0.25) is 0 Å². The van der Waals surface area contributed by atoms with Gasteiger partial charge >= 0.3 is 5.97 Å². The third kappa shape index (κ3) is 2.36. The lowest BCUT2D eigenvalue weighted by Crippen LogP contribution is -2.50. The monoisotopic (exact) mass is 275 g/mol. The van der Waals surface area contributed by atoms with Crippen molar-refractivity contribution in [1.29, 1.82) is 0 Å². The predicted octanol–water partition coefficient (Wildman–Crippen LogP) is 1.67. The van der Waals surface area contributed by atoms with E-state index in [0.29, 0.717) is 0 Å². The van der Waals surface area contributed by atoms with E-state index < -0.39 is 21.5 Å². The number of hydrogen-bond acceptors (Lipinski definition) is 4. The number of hydrogen-bond donors (Lipinski definition) is 2. The zero-order valence-corrected chi connectivity index (χ0v) is 10.9. The molecule has 5 nitrogen and oxygen atoms in total. The summed E-state index contributed by atoms with van der Waals surface area (Å²) < 4.78 is 26.7. The molecule has 94 valence electrons. The van der Waals surface area contributed by atoms with Gasteiger partial charge in [0.05, 0.1) is 0 Å². The van der Waals surface area contributed by atoms with Crippen molar-refractivity contribution in [2.45, 2.75) is 36.6 Å². The minimum atomic E-state index is -3.73. The molecule has 1 aromatic heterocycles. The number of rotatable bonds is 4. The fourth-order valence-corrected chi connectivity index (χ4v) is 4.58. The van der Waals surface area contributed by atoms with E-state index in [1.807, 2.05) is 6.92 Å². The van der Waals surface area contributed by atoms with Gasteiger partial charge in [-0.1, -0.05) is 0 Å². The molecule has 0 radical (unpaired) electrons. The SMILES string of the molecule is CC1(NS(=O)(=O)c2ccsc2C(=O)O)CCC1. The van der Waals surface area contributed by atoms with Gasteiger partial charge in [0.15, 0.2) is 0 Å². The zero-order chi connectivity index (χ0) is 12.7. The van der Waals surface area contributed by atoms with E-state index in [2.05, 4.69) is 4.72 Å². The molecule has 1 aromatic rings. The van der Waals surface area contributed by atoms with E-state index >= 15 is 0 Å². The molecule has 0 spiro atoms. The molecule has 17 heavy (non-hydrogen) atoms. The minimum Gasteiger partial charge on any atom is -0.477 e. The summed E-state index contributed by atoms with van der Waals surface area (Å²) in [6.07, 6.45) is 2.58. The topological polar surface area (TPSA) is 83.5 Å². The zero-order valence-electron chi connectivity index (χ0n) is 9.26. The molecule has 7 heteroatoms. The highest BCUT2D eigenvalue weighted by Crippen LogP contribution is 2.33. The Bertz CT molecular complexity index is 542. The maximum absolute atomic E-state index is 12.1. The molecule has 0 aliphatic heterocycles. The van der Waals surface area contributed by atoms with Crippen molar-refractivity contribution in [1.82, 2.24) is 4.72 Å². The van der Waals surface area contributed by atoms with E-state index in [1.54, 1.807) is 0 Å². The van der Waals surface area contributed by atoms with Gasteiger partial charge in [0.25, 0.3) is 0 Å². The Balaban J connectivity index is 2.31. The van der Waals surface area contributed by atoms with Crippen molar-refractivity contribution < 1.29 is 18.3 Å². The third-order valence-corrected chi connectivity index (χ3v) is 5.66. The van der Waals surface area contributed by atoms with Gasteiger partial charge in [-0.2, -0.15) is 0 Å². The highest BCUT2D eigenvalue weighted by atomic mass is 32.2. The number of thiophene rings is 1. The van der Waals surface area contributed by atoms with Crippen LogP contribution >= 0.6 is 11.3 Å². The first-order valence-electron chi connectivity index (χ1n) is 5.19. The Morgan fingerprint density at radius 3 is 2.65 bits per heavy atom. The first kappa shape index (κ1) is 12.5. The fraction of sp³-hybridized carbons (Fsp3) is 0.500. The second-order valence-electron chi connectivity index (χ2n) is 4.44. The Hall–Kier alpha value is -0.920. The molecule has 1 saturated carbocycles. The maximum Gasteiger partial charge on any atom is 0.347 e.